The number of likely N-dealkylation sites (tertiary alicyclic amines) is 1. The number of fused-ring (bicyclic) bond motifs is 1. The fraction of sp³-hybridized carbons (Fsp3) is 0.303. The van der Waals surface area contributed by atoms with Gasteiger partial charge in [0.15, 0.2) is 0 Å². The molecule has 41 heavy (non-hydrogen) atoms. The van der Waals surface area contributed by atoms with Crippen LogP contribution in [0.5, 0.6) is 11.5 Å². The predicted molar refractivity (Wildman–Crippen MR) is 160 cm³/mol. The molecule has 1 unspecified atom stereocenters. The van der Waals surface area contributed by atoms with Gasteiger partial charge in [-0.1, -0.05) is 42.5 Å². The van der Waals surface area contributed by atoms with Crippen LogP contribution in [0, 0.1) is 0 Å². The molecule has 1 saturated heterocycles. The first-order valence-electron chi connectivity index (χ1n) is 13.8. The van der Waals surface area contributed by atoms with Crippen molar-refractivity contribution in [1.29, 1.82) is 0 Å². The molecule has 1 N–H and O–H groups in total. The summed E-state index contributed by atoms with van der Waals surface area (Å²) in [5.41, 5.74) is 1.17. The molecule has 8 heteroatoms. The summed E-state index contributed by atoms with van der Waals surface area (Å²) in [6, 6.07) is 22.3. The summed E-state index contributed by atoms with van der Waals surface area (Å²) in [5.74, 6) is 0.543. The van der Waals surface area contributed by atoms with E-state index in [0.717, 1.165) is 21.2 Å². The molecule has 2 heterocycles. The largest absolute Gasteiger partial charge is 0.508 e. The summed E-state index contributed by atoms with van der Waals surface area (Å²) < 4.78 is 6.47. The van der Waals surface area contributed by atoms with Crippen LogP contribution < -0.4 is 4.74 Å². The van der Waals surface area contributed by atoms with E-state index in [-0.39, 0.29) is 29.9 Å². The van der Waals surface area contributed by atoms with Crippen molar-refractivity contribution < 1.29 is 24.2 Å². The Morgan fingerprint density at radius 3 is 2.54 bits per heavy atom. The summed E-state index contributed by atoms with van der Waals surface area (Å²) >= 11 is 1.52. The SMILES string of the molecule is COc1cccc(CC2(C(=O)N(CCCC(C)=O)Cc3cccc(O)c3)CCN2C(=O)c2csc3ccccc23)c1. The molecule has 1 fully saturated rings. The first-order chi connectivity index (χ1) is 19.8. The van der Waals surface area contributed by atoms with Gasteiger partial charge < -0.3 is 24.4 Å². The Bertz CT molecular complexity index is 1580. The number of phenols is 1. The number of carbonyl (C=O) groups excluding carboxylic acids is 3. The number of Topliss-reactive ketones (excluding diaryl/α,β-unsaturated/α-hetero) is 1. The van der Waals surface area contributed by atoms with Crippen LogP contribution in [0.15, 0.2) is 78.2 Å². The number of thiophene rings is 1. The van der Waals surface area contributed by atoms with Crippen molar-refractivity contribution in [3.05, 3.63) is 94.9 Å². The van der Waals surface area contributed by atoms with Crippen molar-refractivity contribution in [1.82, 2.24) is 9.80 Å². The molecule has 5 rings (SSSR count). The zero-order chi connectivity index (χ0) is 29.0. The smallest absolute Gasteiger partial charge is 0.256 e. The lowest BCUT2D eigenvalue weighted by Crippen LogP contribution is -2.70. The summed E-state index contributed by atoms with van der Waals surface area (Å²) in [5, 5.41) is 12.8. The van der Waals surface area contributed by atoms with Gasteiger partial charge in [-0.25, -0.2) is 0 Å². The van der Waals surface area contributed by atoms with Crippen molar-refractivity contribution in [2.75, 3.05) is 20.2 Å². The minimum atomic E-state index is -1.10. The van der Waals surface area contributed by atoms with Crippen LogP contribution in [0.4, 0.5) is 0 Å². The van der Waals surface area contributed by atoms with E-state index < -0.39 is 5.54 Å². The van der Waals surface area contributed by atoms with Crippen LogP contribution >= 0.6 is 11.3 Å². The van der Waals surface area contributed by atoms with E-state index in [0.29, 0.717) is 50.1 Å². The highest BCUT2D eigenvalue weighted by atomic mass is 32.1. The Hall–Kier alpha value is -4.17. The number of ketones is 1. The number of benzene rings is 3. The van der Waals surface area contributed by atoms with Crippen LogP contribution in [-0.4, -0.2) is 58.2 Å². The molecule has 1 atom stereocenters. The fourth-order valence-corrected chi connectivity index (χ4v) is 6.56. The Balaban J connectivity index is 1.53. The van der Waals surface area contributed by atoms with E-state index in [4.69, 9.17) is 4.74 Å². The molecule has 1 aromatic heterocycles. The maximum absolute atomic E-state index is 14.7. The third-order valence-electron chi connectivity index (χ3n) is 7.78. The molecular weight excluding hydrogens is 536 g/mol. The van der Waals surface area contributed by atoms with Gasteiger partial charge in [-0.3, -0.25) is 9.59 Å². The molecule has 4 aromatic rings. The number of rotatable bonds is 11. The predicted octanol–water partition coefficient (Wildman–Crippen LogP) is 5.84. The molecule has 0 saturated carbocycles. The molecule has 0 bridgehead atoms. The van der Waals surface area contributed by atoms with E-state index in [9.17, 15) is 19.5 Å². The van der Waals surface area contributed by atoms with E-state index in [1.54, 1.807) is 42.0 Å². The molecular formula is C33H34N2O5S. The Kier molecular flexibility index (Phi) is 8.40. The zero-order valence-corrected chi connectivity index (χ0v) is 24.2. The van der Waals surface area contributed by atoms with Crippen molar-refractivity contribution in [3.63, 3.8) is 0 Å². The number of hydrogen-bond acceptors (Lipinski definition) is 6. The van der Waals surface area contributed by atoms with Crippen molar-refractivity contribution in [2.24, 2.45) is 0 Å². The van der Waals surface area contributed by atoms with Gasteiger partial charge in [0.05, 0.1) is 12.7 Å². The van der Waals surface area contributed by atoms with Gasteiger partial charge in [0, 0.05) is 47.9 Å². The molecule has 3 aromatic carbocycles. The number of carbonyl (C=O) groups is 3. The molecule has 2 amide bonds. The van der Waals surface area contributed by atoms with E-state index in [1.165, 1.54) is 11.3 Å². The topological polar surface area (TPSA) is 87.2 Å². The molecule has 7 nitrogen and oxygen atoms in total. The second-order valence-corrected chi connectivity index (χ2v) is 11.5. The summed E-state index contributed by atoms with van der Waals surface area (Å²) in [6.07, 6.45) is 1.72. The van der Waals surface area contributed by atoms with Gasteiger partial charge in [-0.05, 0) is 61.2 Å². The lowest BCUT2D eigenvalue weighted by molar-refractivity contribution is -0.151. The average Bonchev–Trinajstić information content (AvgIpc) is 3.39. The van der Waals surface area contributed by atoms with E-state index >= 15 is 0 Å². The number of hydrogen-bond donors (Lipinski definition) is 1. The first kappa shape index (κ1) is 28.4. The number of aromatic hydroxyl groups is 1. The lowest BCUT2D eigenvalue weighted by Gasteiger charge is -2.53. The van der Waals surface area contributed by atoms with Crippen LogP contribution in [0.1, 0.15) is 47.7 Å². The van der Waals surface area contributed by atoms with Crippen LogP contribution in [-0.2, 0) is 22.6 Å². The Labute approximate surface area is 244 Å². The van der Waals surface area contributed by atoms with Crippen LogP contribution in [0.25, 0.3) is 10.1 Å². The number of nitrogens with zero attached hydrogens (tertiary/aromatic N) is 2. The maximum Gasteiger partial charge on any atom is 0.256 e. The number of phenolic OH excluding ortho intramolecular Hbond substituents is 1. The summed E-state index contributed by atoms with van der Waals surface area (Å²) in [7, 11) is 1.60. The van der Waals surface area contributed by atoms with Crippen molar-refractivity contribution >= 4 is 39.0 Å². The molecule has 0 spiro atoms. The number of amides is 2. The van der Waals surface area contributed by atoms with Gasteiger partial charge in [0.2, 0.25) is 5.91 Å². The standard InChI is InChI=1S/C33H34N2O5S/c1-23(36)8-7-16-34(21-25-10-5-11-26(37)18-25)32(39)33(20-24-9-6-12-27(19-24)40-2)15-17-35(33)31(38)29-22-41-30-14-4-3-13-28(29)30/h3-6,9-14,18-19,22,37H,7-8,15-17,20-21H2,1-2H3. The molecule has 0 radical (unpaired) electrons. The molecule has 1 aliphatic rings. The second kappa shape index (κ2) is 12.1. The molecule has 212 valence electrons. The van der Waals surface area contributed by atoms with Gasteiger partial charge in [0.1, 0.15) is 22.8 Å². The Morgan fingerprint density at radius 1 is 1.02 bits per heavy atom. The van der Waals surface area contributed by atoms with Crippen molar-refractivity contribution in [2.45, 2.75) is 44.7 Å². The lowest BCUT2D eigenvalue weighted by atomic mass is 9.77. The van der Waals surface area contributed by atoms with Gasteiger partial charge in [0.25, 0.3) is 5.91 Å². The minimum absolute atomic E-state index is 0.0608. The van der Waals surface area contributed by atoms with Crippen molar-refractivity contribution in [3.8, 4) is 11.5 Å². The quantitative estimate of drug-likeness (QED) is 0.245. The fourth-order valence-electron chi connectivity index (χ4n) is 5.62. The highest BCUT2D eigenvalue weighted by Gasteiger charge is 2.55. The summed E-state index contributed by atoms with van der Waals surface area (Å²) in [4.78, 5) is 44.0. The molecule has 1 aliphatic heterocycles. The highest BCUT2D eigenvalue weighted by Crippen LogP contribution is 2.40. The number of methoxy groups -OCH3 is 1. The first-order valence-corrected chi connectivity index (χ1v) is 14.7. The summed E-state index contributed by atoms with van der Waals surface area (Å²) in [6.45, 7) is 2.63. The third-order valence-corrected chi connectivity index (χ3v) is 8.74. The number of ether oxygens (including phenoxy) is 1. The van der Waals surface area contributed by atoms with Gasteiger partial charge >= 0.3 is 0 Å². The van der Waals surface area contributed by atoms with E-state index in [1.807, 2.05) is 60.0 Å². The average molecular weight is 571 g/mol. The van der Waals surface area contributed by atoms with Crippen LogP contribution in [0.2, 0.25) is 0 Å². The second-order valence-electron chi connectivity index (χ2n) is 10.6. The normalized spacial score (nSPS) is 16.3. The maximum atomic E-state index is 14.7. The van der Waals surface area contributed by atoms with E-state index in [2.05, 4.69) is 0 Å². The van der Waals surface area contributed by atoms with Gasteiger partial charge in [-0.15, -0.1) is 11.3 Å². The molecule has 0 aliphatic carbocycles. The van der Waals surface area contributed by atoms with Gasteiger partial charge in [-0.2, -0.15) is 0 Å². The monoisotopic (exact) mass is 570 g/mol. The van der Waals surface area contributed by atoms with Crippen LogP contribution in [0.3, 0.4) is 0 Å². The zero-order valence-electron chi connectivity index (χ0n) is 23.3. The highest BCUT2D eigenvalue weighted by molar-refractivity contribution is 7.17. The Morgan fingerprint density at radius 2 is 1.80 bits per heavy atom. The third kappa shape index (κ3) is 5.98. The minimum Gasteiger partial charge on any atom is -0.508 e.